The van der Waals surface area contributed by atoms with Gasteiger partial charge in [-0.2, -0.15) is 0 Å². The second kappa shape index (κ2) is 14.8. The van der Waals surface area contributed by atoms with Crippen molar-refractivity contribution in [1.29, 1.82) is 0 Å². The topological polar surface area (TPSA) is 90.9 Å². The molecule has 6 atom stereocenters. The van der Waals surface area contributed by atoms with Gasteiger partial charge in [-0.25, -0.2) is 8.78 Å². The molecule has 0 aliphatic carbocycles. The van der Waals surface area contributed by atoms with Crippen molar-refractivity contribution in [2.45, 2.75) is 83.3 Å². The zero-order chi connectivity index (χ0) is 29.4. The molecule has 224 valence electrons. The van der Waals surface area contributed by atoms with Crippen LogP contribution in [0.5, 0.6) is 0 Å². The first-order chi connectivity index (χ1) is 19.8. The van der Waals surface area contributed by atoms with E-state index in [1.165, 1.54) is 12.1 Å². The molecular formula is C32H43F2N3O4. The summed E-state index contributed by atoms with van der Waals surface area (Å²) >= 11 is 0. The summed E-state index contributed by atoms with van der Waals surface area (Å²) in [4.78, 5) is 28.6. The summed E-state index contributed by atoms with van der Waals surface area (Å²) in [5, 5.41) is 17.8. The van der Waals surface area contributed by atoms with Gasteiger partial charge in [0.05, 0.1) is 36.7 Å². The van der Waals surface area contributed by atoms with Crippen LogP contribution < -0.4 is 10.6 Å². The summed E-state index contributed by atoms with van der Waals surface area (Å²) in [7, 11) is 0. The van der Waals surface area contributed by atoms with Crippen LogP contribution in [0, 0.1) is 23.5 Å². The molecule has 2 heterocycles. The molecule has 9 heteroatoms. The lowest BCUT2D eigenvalue weighted by Crippen LogP contribution is -2.54. The van der Waals surface area contributed by atoms with Crippen LogP contribution in [0.3, 0.4) is 0 Å². The van der Waals surface area contributed by atoms with Crippen LogP contribution in [-0.2, 0) is 27.4 Å². The number of rotatable bonds is 14. The van der Waals surface area contributed by atoms with E-state index < -0.39 is 41.7 Å². The van der Waals surface area contributed by atoms with E-state index in [2.05, 4.69) is 17.6 Å². The smallest absolute Gasteiger partial charge is 0.226 e. The highest BCUT2D eigenvalue weighted by Gasteiger charge is 2.44. The number of carbonyl (C=O) groups excluding carboxylic acids is 2. The van der Waals surface area contributed by atoms with Gasteiger partial charge in [0.2, 0.25) is 11.8 Å². The van der Waals surface area contributed by atoms with Crippen molar-refractivity contribution in [3.63, 3.8) is 0 Å². The number of nitrogens with zero attached hydrogens (tertiary/aromatic N) is 1. The Balaban J connectivity index is 1.47. The van der Waals surface area contributed by atoms with Crippen LogP contribution in [0.15, 0.2) is 48.5 Å². The number of halogens is 2. The number of carbonyl (C=O) groups is 2. The summed E-state index contributed by atoms with van der Waals surface area (Å²) < 4.78 is 34.1. The van der Waals surface area contributed by atoms with E-state index in [9.17, 15) is 23.5 Å². The lowest BCUT2D eigenvalue weighted by Gasteiger charge is -2.30. The van der Waals surface area contributed by atoms with Gasteiger partial charge >= 0.3 is 0 Å². The summed E-state index contributed by atoms with van der Waals surface area (Å²) in [6.07, 6.45) is 2.56. The first-order valence-corrected chi connectivity index (χ1v) is 14.9. The third-order valence-corrected chi connectivity index (χ3v) is 8.23. The van der Waals surface area contributed by atoms with Crippen molar-refractivity contribution in [3.05, 3.63) is 71.3 Å². The van der Waals surface area contributed by atoms with Crippen LogP contribution in [0.1, 0.15) is 57.1 Å². The average Bonchev–Trinajstić information content (AvgIpc) is 3.55. The lowest BCUT2D eigenvalue weighted by atomic mass is 9.89. The Labute approximate surface area is 241 Å². The van der Waals surface area contributed by atoms with Crippen molar-refractivity contribution >= 4 is 11.8 Å². The predicted octanol–water partition coefficient (Wildman–Crippen LogP) is 3.98. The molecule has 2 fully saturated rings. The van der Waals surface area contributed by atoms with Gasteiger partial charge in [-0.05, 0) is 48.9 Å². The number of unbranched alkanes of at least 4 members (excludes halogenated alkanes) is 1. The summed E-state index contributed by atoms with van der Waals surface area (Å²) in [5.41, 5.74) is 1.38. The largest absolute Gasteiger partial charge is 0.389 e. The third kappa shape index (κ3) is 8.33. The second-order valence-electron chi connectivity index (χ2n) is 11.4. The van der Waals surface area contributed by atoms with Gasteiger partial charge in [0.25, 0.3) is 0 Å². The highest BCUT2D eigenvalue weighted by Crippen LogP contribution is 2.30. The Kier molecular flexibility index (Phi) is 11.2. The molecule has 2 aliphatic heterocycles. The maximum atomic E-state index is 14.0. The predicted molar refractivity (Wildman–Crippen MR) is 153 cm³/mol. The fourth-order valence-electron chi connectivity index (χ4n) is 6.03. The quantitative estimate of drug-likeness (QED) is 0.319. The number of nitrogens with one attached hydrogen (secondary N) is 2. The molecule has 2 unspecified atom stereocenters. The number of benzene rings is 2. The van der Waals surface area contributed by atoms with Crippen molar-refractivity contribution in [1.82, 2.24) is 15.5 Å². The molecule has 0 aromatic heterocycles. The minimum Gasteiger partial charge on any atom is -0.389 e. The summed E-state index contributed by atoms with van der Waals surface area (Å²) in [5.74, 6) is -2.71. The van der Waals surface area contributed by atoms with Gasteiger partial charge in [-0.3, -0.25) is 9.59 Å². The van der Waals surface area contributed by atoms with E-state index in [-0.39, 0.29) is 24.3 Å². The normalized spacial score (nSPS) is 24.0. The molecule has 0 spiro atoms. The Bertz CT molecular complexity index is 1130. The number of aliphatic hydroxyl groups excluding tert-OH is 1. The fraction of sp³-hybridized carbons (Fsp3) is 0.562. The van der Waals surface area contributed by atoms with E-state index in [0.717, 1.165) is 30.9 Å². The SMILES string of the molecule is CCCCN1CC(C(=O)N[C@@H](Cc2cc(F)cc(F)c2)[C@H](O)[C@H]2C[C@@H](OCc3ccccc3)CN2)C(CCC)C1=O. The van der Waals surface area contributed by atoms with Gasteiger partial charge in [0.1, 0.15) is 11.6 Å². The first kappa shape index (κ1) is 31.1. The van der Waals surface area contributed by atoms with Crippen LogP contribution in [-0.4, -0.2) is 65.7 Å². The Morgan fingerprint density at radius 2 is 1.85 bits per heavy atom. The molecule has 0 bridgehead atoms. The molecule has 3 N–H and O–H groups in total. The number of likely N-dealkylation sites (tertiary alicyclic amines) is 1. The molecule has 2 saturated heterocycles. The van der Waals surface area contributed by atoms with Gasteiger partial charge in [-0.15, -0.1) is 0 Å². The van der Waals surface area contributed by atoms with Gasteiger partial charge < -0.3 is 25.4 Å². The zero-order valence-corrected chi connectivity index (χ0v) is 24.0. The number of hydrogen-bond acceptors (Lipinski definition) is 5. The average molecular weight is 572 g/mol. The minimum absolute atomic E-state index is 0.000571. The molecule has 2 amide bonds. The highest BCUT2D eigenvalue weighted by molar-refractivity contribution is 5.91. The maximum absolute atomic E-state index is 14.0. The molecule has 7 nitrogen and oxygen atoms in total. The van der Waals surface area contributed by atoms with Gasteiger partial charge in [0.15, 0.2) is 0 Å². The molecule has 0 saturated carbocycles. The fourth-order valence-corrected chi connectivity index (χ4v) is 6.03. The standard InChI is InChI=1S/C32H43F2N3O4/c1-3-5-12-37-19-27(26(9-4-2)32(37)40)31(39)36-29(15-22-13-23(33)16-24(34)14-22)30(38)28-17-25(18-35-28)41-20-21-10-7-6-8-11-21/h6-8,10-11,13-14,16,25-30,35,38H,3-5,9,12,15,17-20H2,1-2H3,(H,36,39)/t25-,26?,27?,28-,29+,30-/m1/s1. The van der Waals surface area contributed by atoms with Crippen molar-refractivity contribution < 1.29 is 28.2 Å². The van der Waals surface area contributed by atoms with E-state index in [1.807, 2.05) is 37.3 Å². The Morgan fingerprint density at radius 3 is 2.54 bits per heavy atom. The number of aliphatic hydroxyl groups is 1. The second-order valence-corrected chi connectivity index (χ2v) is 11.4. The molecule has 2 aromatic carbocycles. The molecule has 41 heavy (non-hydrogen) atoms. The molecular weight excluding hydrogens is 528 g/mol. The van der Waals surface area contributed by atoms with Crippen LogP contribution >= 0.6 is 0 Å². The minimum atomic E-state index is -1.05. The van der Waals surface area contributed by atoms with Crippen LogP contribution in [0.4, 0.5) is 8.78 Å². The van der Waals surface area contributed by atoms with E-state index in [4.69, 9.17) is 4.74 Å². The van der Waals surface area contributed by atoms with Crippen LogP contribution in [0.2, 0.25) is 0 Å². The van der Waals surface area contributed by atoms with Crippen molar-refractivity contribution in [2.24, 2.45) is 11.8 Å². The third-order valence-electron chi connectivity index (χ3n) is 8.23. The van der Waals surface area contributed by atoms with Gasteiger partial charge in [0, 0.05) is 31.7 Å². The first-order valence-electron chi connectivity index (χ1n) is 14.9. The Hall–Kier alpha value is -2.88. The number of amides is 2. The highest BCUT2D eigenvalue weighted by atomic mass is 19.1. The van der Waals surface area contributed by atoms with Crippen molar-refractivity contribution in [2.75, 3.05) is 19.6 Å². The van der Waals surface area contributed by atoms with E-state index in [1.54, 1.807) is 4.90 Å². The van der Waals surface area contributed by atoms with E-state index in [0.29, 0.717) is 44.6 Å². The maximum Gasteiger partial charge on any atom is 0.226 e. The summed E-state index contributed by atoms with van der Waals surface area (Å²) in [6, 6.07) is 11.8. The van der Waals surface area contributed by atoms with Crippen molar-refractivity contribution in [3.8, 4) is 0 Å². The van der Waals surface area contributed by atoms with Crippen LogP contribution in [0.25, 0.3) is 0 Å². The van der Waals surface area contributed by atoms with E-state index >= 15 is 0 Å². The molecule has 2 aromatic rings. The molecule has 4 rings (SSSR count). The molecule has 0 radical (unpaired) electrons. The summed E-state index contributed by atoms with van der Waals surface area (Å²) in [6.45, 7) is 5.98. The number of hydrogen-bond donors (Lipinski definition) is 3. The monoisotopic (exact) mass is 571 g/mol. The number of ether oxygens (including phenoxy) is 1. The zero-order valence-electron chi connectivity index (χ0n) is 24.0. The molecule has 2 aliphatic rings. The Morgan fingerprint density at radius 1 is 1.12 bits per heavy atom. The van der Waals surface area contributed by atoms with Gasteiger partial charge in [-0.1, -0.05) is 57.0 Å². The lowest BCUT2D eigenvalue weighted by molar-refractivity contribution is -0.134.